The van der Waals surface area contributed by atoms with Crippen LogP contribution in [0.3, 0.4) is 0 Å². The third-order valence-electron chi connectivity index (χ3n) is 6.23. The van der Waals surface area contributed by atoms with Gasteiger partial charge in [0.25, 0.3) is 11.5 Å². The second-order valence-electron chi connectivity index (χ2n) is 8.87. The molecule has 0 spiro atoms. The lowest BCUT2D eigenvalue weighted by Crippen LogP contribution is -2.46. The van der Waals surface area contributed by atoms with Crippen molar-refractivity contribution in [3.05, 3.63) is 129 Å². The van der Waals surface area contributed by atoms with Crippen LogP contribution in [-0.4, -0.2) is 49.8 Å². The van der Waals surface area contributed by atoms with Crippen molar-refractivity contribution in [3.63, 3.8) is 0 Å². The van der Waals surface area contributed by atoms with Crippen molar-refractivity contribution in [2.24, 2.45) is 0 Å². The van der Waals surface area contributed by atoms with Crippen LogP contribution in [-0.2, 0) is 20.8 Å². The second-order valence-corrected chi connectivity index (χ2v) is 8.87. The van der Waals surface area contributed by atoms with Gasteiger partial charge in [0, 0.05) is 25.0 Å². The Hall–Kier alpha value is -4.81. The molecule has 12 heteroatoms. The Labute approximate surface area is 226 Å². The quantitative estimate of drug-likeness (QED) is 0.306. The molecule has 1 aromatic carbocycles. The van der Waals surface area contributed by atoms with Gasteiger partial charge >= 0.3 is 11.7 Å². The molecule has 1 aliphatic heterocycles. The molecule has 5 rings (SSSR count). The molecule has 1 unspecified atom stereocenters. The molecule has 0 saturated carbocycles. The van der Waals surface area contributed by atoms with Crippen LogP contribution in [0.2, 0.25) is 0 Å². The maximum atomic E-state index is 14.7. The summed E-state index contributed by atoms with van der Waals surface area (Å²) < 4.78 is 33.2. The number of benzene rings is 1. The summed E-state index contributed by atoms with van der Waals surface area (Å²) in [5.74, 6) is -3.05. The van der Waals surface area contributed by atoms with Crippen molar-refractivity contribution >= 4 is 11.9 Å². The van der Waals surface area contributed by atoms with E-state index >= 15 is 0 Å². The predicted molar refractivity (Wildman–Crippen MR) is 137 cm³/mol. The van der Waals surface area contributed by atoms with E-state index in [1.165, 1.54) is 30.6 Å². The number of hydrogen-bond acceptors (Lipinski definition) is 9. The van der Waals surface area contributed by atoms with E-state index in [4.69, 9.17) is 14.2 Å². The fraction of sp³-hybridized carbons (Fsp3) is 0.214. The van der Waals surface area contributed by atoms with E-state index in [2.05, 4.69) is 9.97 Å². The summed E-state index contributed by atoms with van der Waals surface area (Å²) >= 11 is 0. The number of carbonyl (C=O) groups excluding carboxylic acids is 2. The van der Waals surface area contributed by atoms with Gasteiger partial charge in [0.15, 0.2) is 0 Å². The lowest BCUT2D eigenvalue weighted by molar-refractivity contribution is -0.0711. The van der Waals surface area contributed by atoms with Crippen LogP contribution in [0.5, 0.6) is 0 Å². The minimum absolute atomic E-state index is 0.0390. The van der Waals surface area contributed by atoms with Crippen LogP contribution in [0.4, 0.5) is 4.39 Å². The van der Waals surface area contributed by atoms with Crippen molar-refractivity contribution in [3.8, 4) is 0 Å². The zero-order chi connectivity index (χ0) is 28.1. The van der Waals surface area contributed by atoms with E-state index in [9.17, 15) is 23.6 Å². The zero-order valence-corrected chi connectivity index (χ0v) is 21.0. The van der Waals surface area contributed by atoms with Gasteiger partial charge in [0.05, 0.1) is 24.5 Å². The Morgan fingerprint density at radius 3 is 2.55 bits per heavy atom. The summed E-state index contributed by atoms with van der Waals surface area (Å²) in [6, 6.07) is 16.9. The molecule has 0 aliphatic carbocycles. The highest BCUT2D eigenvalue weighted by Gasteiger charge is 2.39. The number of pyridine rings is 2. The van der Waals surface area contributed by atoms with Crippen molar-refractivity contribution in [2.75, 3.05) is 6.61 Å². The van der Waals surface area contributed by atoms with Crippen LogP contribution in [0.25, 0.3) is 0 Å². The number of aromatic nitrogens is 4. The van der Waals surface area contributed by atoms with Crippen molar-refractivity contribution in [1.82, 2.24) is 19.1 Å². The van der Waals surface area contributed by atoms with Crippen LogP contribution in [0.15, 0.2) is 95.0 Å². The lowest BCUT2D eigenvalue weighted by atomic mass is 10.1. The monoisotopic (exact) mass is 546 g/mol. The number of halogens is 1. The number of hydrogen-bond donors (Lipinski definition) is 0. The number of carbonyl (C=O) groups is 2. The Balaban J connectivity index is 1.41. The maximum absolute atomic E-state index is 14.7. The normalized spacial score (nSPS) is 18.4. The SMILES string of the molecule is O=C(OC[C@@H]1O[C@H](n2cc(F)c(=O)n(C(=O)c3cccnc3)c2=O)CC1OCc1ccccc1)c1ccccn1. The molecular formula is C28H23FN4O7. The van der Waals surface area contributed by atoms with Gasteiger partial charge < -0.3 is 14.2 Å². The molecule has 3 aromatic heterocycles. The van der Waals surface area contributed by atoms with Gasteiger partial charge in [-0.25, -0.2) is 14.6 Å². The minimum Gasteiger partial charge on any atom is -0.458 e. The third-order valence-corrected chi connectivity index (χ3v) is 6.23. The van der Waals surface area contributed by atoms with E-state index in [0.29, 0.717) is 6.20 Å². The molecule has 0 bridgehead atoms. The molecule has 3 atom stereocenters. The molecule has 11 nitrogen and oxygen atoms in total. The molecule has 40 heavy (non-hydrogen) atoms. The molecule has 0 amide bonds. The van der Waals surface area contributed by atoms with E-state index in [0.717, 1.165) is 16.3 Å². The molecule has 1 saturated heterocycles. The van der Waals surface area contributed by atoms with Gasteiger partial charge in [0.2, 0.25) is 5.82 Å². The summed E-state index contributed by atoms with van der Waals surface area (Å²) in [5.41, 5.74) is -1.61. The van der Waals surface area contributed by atoms with E-state index in [-0.39, 0.29) is 35.5 Å². The summed E-state index contributed by atoms with van der Waals surface area (Å²) in [7, 11) is 0. The summed E-state index contributed by atoms with van der Waals surface area (Å²) in [5, 5.41) is 0. The van der Waals surface area contributed by atoms with E-state index < -0.39 is 47.4 Å². The van der Waals surface area contributed by atoms with E-state index in [1.54, 1.807) is 12.1 Å². The smallest absolute Gasteiger partial charge is 0.357 e. The zero-order valence-electron chi connectivity index (χ0n) is 21.0. The Kier molecular flexibility index (Phi) is 7.99. The van der Waals surface area contributed by atoms with Crippen LogP contribution in [0.1, 0.15) is 39.1 Å². The Morgan fingerprint density at radius 2 is 1.82 bits per heavy atom. The minimum atomic E-state index is -1.40. The van der Waals surface area contributed by atoms with Crippen LogP contribution < -0.4 is 11.2 Å². The first-order valence-corrected chi connectivity index (χ1v) is 12.3. The largest absolute Gasteiger partial charge is 0.458 e. The average Bonchev–Trinajstić information content (AvgIpc) is 3.40. The summed E-state index contributed by atoms with van der Waals surface area (Å²) in [6.45, 7) is -0.0641. The molecule has 0 N–H and O–H groups in total. The molecule has 4 heterocycles. The highest BCUT2D eigenvalue weighted by Crippen LogP contribution is 2.31. The Morgan fingerprint density at radius 1 is 1.02 bits per heavy atom. The van der Waals surface area contributed by atoms with Gasteiger partial charge in [-0.15, -0.1) is 0 Å². The van der Waals surface area contributed by atoms with Crippen LogP contribution >= 0.6 is 0 Å². The standard InChI is InChI=1S/C28H23FN4O7/c29-20-15-32(28(37)33(26(20)35)25(34)19-9-6-11-30-14-19)24-13-22(38-16-18-7-2-1-3-8-18)23(40-24)17-39-27(36)21-10-4-5-12-31-21/h1-12,14-15,22-24H,13,16-17H2/t22?,23-,24-/m0/s1. The molecule has 4 aromatic rings. The van der Waals surface area contributed by atoms with Crippen molar-refractivity contribution in [2.45, 2.75) is 31.5 Å². The average molecular weight is 547 g/mol. The third kappa shape index (κ3) is 5.77. The molecule has 0 radical (unpaired) electrons. The van der Waals surface area contributed by atoms with Gasteiger partial charge in [-0.2, -0.15) is 8.96 Å². The first-order chi connectivity index (χ1) is 19.4. The second kappa shape index (κ2) is 11.9. The van der Waals surface area contributed by atoms with Crippen LogP contribution in [0, 0.1) is 5.82 Å². The van der Waals surface area contributed by atoms with Crippen molar-refractivity contribution < 1.29 is 28.2 Å². The van der Waals surface area contributed by atoms with Gasteiger partial charge in [-0.05, 0) is 29.8 Å². The van der Waals surface area contributed by atoms with E-state index in [1.807, 2.05) is 30.3 Å². The fourth-order valence-electron chi connectivity index (χ4n) is 4.23. The highest BCUT2D eigenvalue weighted by molar-refractivity contribution is 5.95. The summed E-state index contributed by atoms with van der Waals surface area (Å²) in [6.07, 6.45) is 2.08. The highest BCUT2D eigenvalue weighted by atomic mass is 19.1. The topological polar surface area (TPSA) is 132 Å². The number of esters is 1. The van der Waals surface area contributed by atoms with Crippen molar-refractivity contribution in [1.29, 1.82) is 0 Å². The number of ether oxygens (including phenoxy) is 3. The molecule has 1 fully saturated rings. The van der Waals surface area contributed by atoms with Gasteiger partial charge in [-0.1, -0.05) is 36.4 Å². The maximum Gasteiger partial charge on any atom is 0.357 e. The molecule has 1 aliphatic rings. The molecular weight excluding hydrogens is 523 g/mol. The van der Waals surface area contributed by atoms with Gasteiger partial charge in [-0.3, -0.25) is 19.1 Å². The number of nitrogens with zero attached hydrogens (tertiary/aromatic N) is 4. The summed E-state index contributed by atoms with van der Waals surface area (Å²) in [4.78, 5) is 58.9. The first kappa shape index (κ1) is 26.8. The van der Waals surface area contributed by atoms with Gasteiger partial charge in [0.1, 0.15) is 24.6 Å². The number of rotatable bonds is 8. The predicted octanol–water partition coefficient (Wildman–Crippen LogP) is 2.36. The first-order valence-electron chi connectivity index (χ1n) is 12.3. The molecule has 204 valence electrons. The fourth-order valence-corrected chi connectivity index (χ4v) is 4.23. The lowest BCUT2D eigenvalue weighted by Gasteiger charge is -2.19. The Bertz CT molecular complexity index is 1610.